The second-order valence-corrected chi connectivity index (χ2v) is 26.9. The van der Waals surface area contributed by atoms with Crippen LogP contribution in [0.2, 0.25) is 0 Å². The maximum atomic E-state index is 13.0. The lowest BCUT2D eigenvalue weighted by Gasteiger charge is -2.24. The van der Waals surface area contributed by atoms with Crippen molar-refractivity contribution in [3.63, 3.8) is 0 Å². The summed E-state index contributed by atoms with van der Waals surface area (Å²) in [6.45, 7) is 14.5. The van der Waals surface area contributed by atoms with Gasteiger partial charge in [0.2, 0.25) is 0 Å². The van der Waals surface area contributed by atoms with E-state index in [9.17, 15) is 39.0 Å². The van der Waals surface area contributed by atoms with E-state index in [-0.39, 0.29) is 39.6 Å². The highest BCUT2D eigenvalue weighted by atomic mass is 16.6. The van der Waals surface area contributed by atoms with Gasteiger partial charge in [-0.05, 0) is 38.5 Å². The van der Waals surface area contributed by atoms with Gasteiger partial charge in [-0.15, -0.1) is 0 Å². The fourth-order valence-corrected chi connectivity index (χ4v) is 11.4. The van der Waals surface area contributed by atoms with E-state index in [2.05, 4.69) is 41.5 Å². The number of aliphatic hydroxyl groups is 2. The van der Waals surface area contributed by atoms with Gasteiger partial charge in [0.25, 0.3) is 0 Å². The van der Waals surface area contributed by atoms with Gasteiger partial charge in [0.05, 0.1) is 65.3 Å². The quantitative estimate of drug-likeness (QED) is 0.0331. The van der Waals surface area contributed by atoms with E-state index in [0.29, 0.717) is 12.8 Å². The van der Waals surface area contributed by atoms with Crippen LogP contribution in [-0.4, -0.2) is 96.9 Å². The van der Waals surface area contributed by atoms with Gasteiger partial charge in [-0.3, -0.25) is 19.2 Å². The third kappa shape index (κ3) is 62.8. The molecule has 0 amide bonds. The van der Waals surface area contributed by atoms with Crippen LogP contribution in [0.4, 0.5) is 0 Å². The molecule has 0 bridgehead atoms. The number of hydrogen-bond donors (Lipinski definition) is 2. The van der Waals surface area contributed by atoms with Crippen LogP contribution < -0.4 is 0 Å². The molecule has 0 aliphatic carbocycles. The topological polar surface area (TPSA) is 198 Å². The van der Waals surface area contributed by atoms with E-state index in [4.69, 9.17) is 28.4 Å². The molecule has 0 aliphatic heterocycles. The Morgan fingerprint density at radius 2 is 0.315 bits per heavy atom. The molecule has 92 heavy (non-hydrogen) atoms. The summed E-state index contributed by atoms with van der Waals surface area (Å²) in [5, 5.41) is 22.4. The van der Waals surface area contributed by atoms with E-state index < -0.39 is 72.7 Å². The number of carbonyl (C=O) groups is 6. The molecule has 14 heteroatoms. The molecule has 0 saturated heterocycles. The summed E-state index contributed by atoms with van der Waals surface area (Å²) >= 11 is 0. The van der Waals surface area contributed by atoms with Crippen LogP contribution >= 0.6 is 0 Å². The second kappa shape index (κ2) is 70.5. The van der Waals surface area contributed by atoms with Crippen molar-refractivity contribution in [2.45, 2.75) is 425 Å². The lowest BCUT2D eigenvalue weighted by atomic mass is 9.95. The summed E-state index contributed by atoms with van der Waals surface area (Å²) in [5.41, 5.74) is -4.57. The number of esters is 6. The fourth-order valence-electron chi connectivity index (χ4n) is 11.4. The Morgan fingerprint density at radius 1 is 0.196 bits per heavy atom. The predicted molar refractivity (Wildman–Crippen MR) is 377 cm³/mol. The minimum atomic E-state index is -2.29. The largest absolute Gasteiger partial charge is 0.466 e. The SMILES string of the molecule is CCCCCCCCCCCOC(=O)CC(O)(CC(=O)OCCCCCCCCCCC)C(=O)OCCCCCCCCCCC.CCCCCCCCCCCOC(=O)CC(O)(CC(=O)OCCCCCCCCCCC)C(=O)OCCCCCCCCCCC. The minimum Gasteiger partial charge on any atom is -0.466 e. The molecule has 0 radical (unpaired) electrons. The zero-order valence-electron chi connectivity index (χ0n) is 61.0. The van der Waals surface area contributed by atoms with Gasteiger partial charge in [0.1, 0.15) is 0 Å². The predicted octanol–water partition coefficient (Wildman–Crippen LogP) is 21.4. The van der Waals surface area contributed by atoms with Crippen LogP contribution in [0.3, 0.4) is 0 Å². The van der Waals surface area contributed by atoms with E-state index in [0.717, 1.165) is 116 Å². The van der Waals surface area contributed by atoms with Crippen molar-refractivity contribution in [1.29, 1.82) is 0 Å². The Kier molecular flexibility index (Phi) is 69.6. The zero-order chi connectivity index (χ0) is 68.0. The third-order valence-corrected chi connectivity index (χ3v) is 17.5. The molecule has 0 rings (SSSR count). The summed E-state index contributed by atoms with van der Waals surface area (Å²) in [5.74, 6) is -4.70. The van der Waals surface area contributed by atoms with Crippen LogP contribution in [0.15, 0.2) is 0 Å². The van der Waals surface area contributed by atoms with Crippen molar-refractivity contribution < 1.29 is 67.4 Å². The van der Waals surface area contributed by atoms with Crippen LogP contribution in [-0.2, 0) is 57.2 Å². The normalized spacial score (nSPS) is 11.5. The molecule has 0 spiro atoms. The van der Waals surface area contributed by atoms with Crippen molar-refractivity contribution in [3.05, 3.63) is 0 Å². The smallest absolute Gasteiger partial charge is 0.339 e. The molecule has 2 N–H and O–H groups in total. The van der Waals surface area contributed by atoms with Gasteiger partial charge in [-0.25, -0.2) is 9.59 Å². The van der Waals surface area contributed by atoms with Crippen molar-refractivity contribution in [1.82, 2.24) is 0 Å². The summed E-state index contributed by atoms with van der Waals surface area (Å²) in [6, 6.07) is 0. The Balaban J connectivity index is 0. The number of rotatable bonds is 70. The molecule has 0 atom stereocenters. The second-order valence-electron chi connectivity index (χ2n) is 26.9. The number of ether oxygens (including phenoxy) is 6. The van der Waals surface area contributed by atoms with Crippen molar-refractivity contribution in [2.75, 3.05) is 39.6 Å². The highest BCUT2D eigenvalue weighted by Crippen LogP contribution is 2.24. The lowest BCUT2D eigenvalue weighted by molar-refractivity contribution is -0.178. The van der Waals surface area contributed by atoms with E-state index in [1.54, 1.807) is 0 Å². The van der Waals surface area contributed by atoms with Crippen LogP contribution in [0.1, 0.15) is 414 Å². The molecule has 0 aromatic rings. The van der Waals surface area contributed by atoms with Crippen molar-refractivity contribution >= 4 is 35.8 Å². The number of carbonyl (C=O) groups excluding carboxylic acids is 6. The summed E-state index contributed by atoms with van der Waals surface area (Å²) in [7, 11) is 0. The zero-order valence-corrected chi connectivity index (χ0v) is 61.0. The van der Waals surface area contributed by atoms with E-state index in [1.807, 2.05) is 0 Å². The molecule has 0 aromatic carbocycles. The van der Waals surface area contributed by atoms with E-state index >= 15 is 0 Å². The van der Waals surface area contributed by atoms with Crippen LogP contribution in [0.5, 0.6) is 0 Å². The van der Waals surface area contributed by atoms with Crippen LogP contribution in [0, 0.1) is 0 Å². The fraction of sp³-hybridized carbons (Fsp3) is 0.923. The molecule has 14 nitrogen and oxygen atoms in total. The molecule has 0 heterocycles. The van der Waals surface area contributed by atoms with Gasteiger partial charge in [-0.2, -0.15) is 0 Å². The average Bonchev–Trinajstić information content (AvgIpc) is 1.21. The molecular formula is C78H148O14. The lowest BCUT2D eigenvalue weighted by Crippen LogP contribution is -2.45. The standard InChI is InChI=1S/2C39H74O7/c2*1-4-7-10-13-16-19-22-25-28-31-44-36(40)34-39(43,38(42)46-33-30-27-24-21-18-15-12-9-6-3)35-37(41)45-32-29-26-23-20-17-14-11-8-5-2/h2*43H,4-35H2,1-3H3. The number of hydrogen-bond acceptors (Lipinski definition) is 14. The summed E-state index contributed by atoms with van der Waals surface area (Å²) in [6.07, 6.45) is 59.3. The molecule has 544 valence electrons. The average molecular weight is 1310 g/mol. The van der Waals surface area contributed by atoms with Gasteiger partial charge in [0, 0.05) is 0 Å². The first-order valence-corrected chi connectivity index (χ1v) is 39.2. The first-order valence-electron chi connectivity index (χ1n) is 39.2. The molecular weight excluding hydrogens is 1160 g/mol. The van der Waals surface area contributed by atoms with E-state index in [1.165, 1.54) is 218 Å². The van der Waals surface area contributed by atoms with Gasteiger partial charge in [0.15, 0.2) is 11.2 Å². The molecule has 0 aliphatic rings. The maximum absolute atomic E-state index is 13.0. The van der Waals surface area contributed by atoms with Gasteiger partial charge < -0.3 is 38.6 Å². The highest BCUT2D eigenvalue weighted by molar-refractivity contribution is 5.91. The highest BCUT2D eigenvalue weighted by Gasteiger charge is 2.44. The molecule has 0 fully saturated rings. The van der Waals surface area contributed by atoms with Gasteiger partial charge in [-0.1, -0.05) is 350 Å². The maximum Gasteiger partial charge on any atom is 0.339 e. The summed E-state index contributed by atoms with van der Waals surface area (Å²) < 4.78 is 32.1. The number of unbranched alkanes of at least 4 members (excludes halogenated alkanes) is 48. The van der Waals surface area contributed by atoms with Crippen molar-refractivity contribution in [2.24, 2.45) is 0 Å². The van der Waals surface area contributed by atoms with Crippen LogP contribution in [0.25, 0.3) is 0 Å². The molecule has 0 saturated carbocycles. The van der Waals surface area contributed by atoms with Crippen molar-refractivity contribution in [3.8, 4) is 0 Å². The van der Waals surface area contributed by atoms with Gasteiger partial charge >= 0.3 is 35.8 Å². The Labute approximate surface area is 565 Å². The first-order chi connectivity index (χ1) is 44.8. The third-order valence-electron chi connectivity index (χ3n) is 17.5. The monoisotopic (exact) mass is 1310 g/mol. The minimum absolute atomic E-state index is 0.151. The molecule has 0 unspecified atom stereocenters. The Bertz CT molecular complexity index is 1460. The summed E-state index contributed by atoms with van der Waals surface area (Å²) in [4.78, 5) is 76.4. The molecule has 0 aromatic heterocycles. The Morgan fingerprint density at radius 3 is 0.457 bits per heavy atom. The first kappa shape index (κ1) is 90.8. The Hall–Kier alpha value is -3.26.